The number of fused-ring (bicyclic) bond motifs is 1. The summed E-state index contributed by atoms with van der Waals surface area (Å²) in [6.07, 6.45) is 0.963. The molecule has 1 aromatic heterocycles. The average Bonchev–Trinajstić information content (AvgIpc) is 2.37. The summed E-state index contributed by atoms with van der Waals surface area (Å²) < 4.78 is 10.0. The molecule has 1 aromatic carbocycles. The number of esters is 1. The fraction of sp³-hybridized carbons (Fsp3) is 0.231. The largest absolute Gasteiger partial charge is 0.477 e. The van der Waals surface area contributed by atoms with Gasteiger partial charge < -0.3 is 9.47 Å². The van der Waals surface area contributed by atoms with E-state index in [1.807, 2.05) is 30.3 Å². The zero-order valence-electron chi connectivity index (χ0n) is 9.71. The number of benzene rings is 1. The number of ether oxygens (including phenoxy) is 2. The quantitative estimate of drug-likeness (QED) is 0.759. The Morgan fingerprint density at radius 3 is 2.88 bits per heavy atom. The summed E-state index contributed by atoms with van der Waals surface area (Å²) in [6.45, 7) is 1.64. The van der Waals surface area contributed by atoms with Gasteiger partial charge in [-0.2, -0.15) is 0 Å². The zero-order chi connectivity index (χ0) is 12.3. The molecule has 88 valence electrons. The third-order valence-electron chi connectivity index (χ3n) is 2.41. The Bertz CT molecular complexity index is 539. The lowest BCUT2D eigenvalue weighted by Crippen LogP contribution is -2.24. The van der Waals surface area contributed by atoms with E-state index >= 15 is 0 Å². The molecule has 0 aliphatic heterocycles. The topological polar surface area (TPSA) is 48.4 Å². The van der Waals surface area contributed by atoms with Crippen molar-refractivity contribution < 1.29 is 14.3 Å². The summed E-state index contributed by atoms with van der Waals surface area (Å²) in [6, 6.07) is 9.56. The summed E-state index contributed by atoms with van der Waals surface area (Å²) in [4.78, 5) is 15.5. The van der Waals surface area contributed by atoms with E-state index in [-0.39, 0.29) is 0 Å². The molecule has 0 saturated heterocycles. The van der Waals surface area contributed by atoms with Gasteiger partial charge in [-0.1, -0.05) is 18.2 Å². The molecule has 1 heterocycles. The molecule has 0 amide bonds. The van der Waals surface area contributed by atoms with Crippen LogP contribution in [0.15, 0.2) is 36.5 Å². The summed E-state index contributed by atoms with van der Waals surface area (Å²) in [7, 11) is 1.33. The van der Waals surface area contributed by atoms with Crippen LogP contribution in [-0.4, -0.2) is 24.2 Å². The molecule has 0 spiro atoms. The van der Waals surface area contributed by atoms with E-state index in [4.69, 9.17) is 4.74 Å². The predicted octanol–water partition coefficient (Wildman–Crippen LogP) is 2.18. The second kappa shape index (κ2) is 4.82. The van der Waals surface area contributed by atoms with Crippen molar-refractivity contribution in [2.75, 3.05) is 7.11 Å². The molecule has 0 N–H and O–H groups in total. The molecule has 2 aromatic rings. The maximum absolute atomic E-state index is 11.2. The predicted molar refractivity (Wildman–Crippen MR) is 63.8 cm³/mol. The molecule has 0 unspecified atom stereocenters. The van der Waals surface area contributed by atoms with E-state index in [0.29, 0.717) is 5.75 Å². The summed E-state index contributed by atoms with van der Waals surface area (Å²) in [5.74, 6) is 0.153. The van der Waals surface area contributed by atoms with Crippen LogP contribution < -0.4 is 4.74 Å². The number of methoxy groups -OCH3 is 1. The van der Waals surface area contributed by atoms with Gasteiger partial charge in [0.2, 0.25) is 0 Å². The second-order valence-electron chi connectivity index (χ2n) is 3.65. The van der Waals surface area contributed by atoms with E-state index in [0.717, 1.165) is 10.9 Å². The Labute approximate surface area is 99.2 Å². The normalized spacial score (nSPS) is 12.1. The Kier molecular flexibility index (Phi) is 3.23. The van der Waals surface area contributed by atoms with E-state index in [1.54, 1.807) is 13.1 Å². The van der Waals surface area contributed by atoms with Gasteiger partial charge in [0.05, 0.1) is 18.8 Å². The Balaban J connectivity index is 2.22. The van der Waals surface area contributed by atoms with Crippen LogP contribution in [0, 0.1) is 0 Å². The van der Waals surface area contributed by atoms with Crippen LogP contribution in [0.5, 0.6) is 5.75 Å². The van der Waals surface area contributed by atoms with Gasteiger partial charge in [-0.25, -0.2) is 4.79 Å². The van der Waals surface area contributed by atoms with Gasteiger partial charge in [-0.15, -0.1) is 0 Å². The van der Waals surface area contributed by atoms with Crippen molar-refractivity contribution in [1.29, 1.82) is 0 Å². The fourth-order valence-electron chi connectivity index (χ4n) is 1.53. The first-order chi connectivity index (χ1) is 8.20. The molecule has 0 radical (unpaired) electrons. The first-order valence-electron chi connectivity index (χ1n) is 5.30. The van der Waals surface area contributed by atoms with E-state index in [2.05, 4.69) is 9.72 Å². The number of para-hydroxylation sites is 1. The number of rotatable bonds is 3. The number of nitrogens with zero attached hydrogens (tertiary/aromatic N) is 1. The Morgan fingerprint density at radius 1 is 1.35 bits per heavy atom. The molecular formula is C13H13NO3. The van der Waals surface area contributed by atoms with Crippen LogP contribution in [0.4, 0.5) is 0 Å². The van der Waals surface area contributed by atoms with Crippen LogP contribution in [0.1, 0.15) is 6.92 Å². The highest BCUT2D eigenvalue weighted by atomic mass is 16.6. The van der Waals surface area contributed by atoms with Gasteiger partial charge in [0.15, 0.2) is 6.10 Å². The third-order valence-corrected chi connectivity index (χ3v) is 2.41. The van der Waals surface area contributed by atoms with Crippen molar-refractivity contribution in [3.8, 4) is 5.75 Å². The minimum absolute atomic E-state index is 0.404. The van der Waals surface area contributed by atoms with E-state index in [1.165, 1.54) is 7.11 Å². The van der Waals surface area contributed by atoms with Gasteiger partial charge in [0.1, 0.15) is 5.75 Å². The molecule has 0 saturated carbocycles. The third kappa shape index (κ3) is 2.53. The highest BCUT2D eigenvalue weighted by Crippen LogP contribution is 2.18. The van der Waals surface area contributed by atoms with Gasteiger partial charge in [-0.05, 0) is 19.1 Å². The van der Waals surface area contributed by atoms with Crippen molar-refractivity contribution in [1.82, 2.24) is 4.98 Å². The lowest BCUT2D eigenvalue weighted by atomic mass is 10.2. The highest BCUT2D eigenvalue weighted by Gasteiger charge is 2.14. The maximum Gasteiger partial charge on any atom is 0.346 e. The molecule has 4 heteroatoms. The standard InChI is InChI=1S/C13H13NO3/c1-9(13(15)16-2)17-11-7-10-5-3-4-6-12(10)14-8-11/h3-9H,1-2H3/t9-/m1/s1. The smallest absolute Gasteiger partial charge is 0.346 e. The molecule has 0 fully saturated rings. The summed E-state index contributed by atoms with van der Waals surface area (Å²) >= 11 is 0. The summed E-state index contributed by atoms with van der Waals surface area (Å²) in [5, 5.41) is 0.974. The molecule has 0 aliphatic rings. The molecular weight excluding hydrogens is 218 g/mol. The van der Waals surface area contributed by atoms with Gasteiger partial charge in [-0.3, -0.25) is 4.98 Å². The van der Waals surface area contributed by atoms with Gasteiger partial charge >= 0.3 is 5.97 Å². The first-order valence-corrected chi connectivity index (χ1v) is 5.30. The zero-order valence-corrected chi connectivity index (χ0v) is 9.71. The molecule has 0 aliphatic carbocycles. The number of hydrogen-bond donors (Lipinski definition) is 0. The Hall–Kier alpha value is -2.10. The number of carbonyl (C=O) groups excluding carboxylic acids is 1. The number of pyridine rings is 1. The lowest BCUT2D eigenvalue weighted by Gasteiger charge is -2.12. The maximum atomic E-state index is 11.2. The van der Waals surface area contributed by atoms with Crippen molar-refractivity contribution in [3.63, 3.8) is 0 Å². The molecule has 4 nitrogen and oxygen atoms in total. The first kappa shape index (κ1) is 11.4. The van der Waals surface area contributed by atoms with Crippen LogP contribution in [0.25, 0.3) is 10.9 Å². The molecule has 0 bridgehead atoms. The van der Waals surface area contributed by atoms with Crippen LogP contribution in [0.3, 0.4) is 0 Å². The monoisotopic (exact) mass is 231 g/mol. The molecule has 17 heavy (non-hydrogen) atoms. The van der Waals surface area contributed by atoms with E-state index in [9.17, 15) is 4.79 Å². The van der Waals surface area contributed by atoms with Crippen LogP contribution >= 0.6 is 0 Å². The van der Waals surface area contributed by atoms with E-state index < -0.39 is 12.1 Å². The summed E-state index contributed by atoms with van der Waals surface area (Å²) in [5.41, 5.74) is 0.894. The number of aromatic nitrogens is 1. The fourth-order valence-corrected chi connectivity index (χ4v) is 1.53. The van der Waals surface area contributed by atoms with Crippen molar-refractivity contribution in [2.45, 2.75) is 13.0 Å². The second-order valence-corrected chi connectivity index (χ2v) is 3.65. The SMILES string of the molecule is COC(=O)[C@@H](C)Oc1cnc2ccccc2c1. The van der Waals surface area contributed by atoms with Crippen LogP contribution in [0.2, 0.25) is 0 Å². The van der Waals surface area contributed by atoms with Crippen molar-refractivity contribution in [3.05, 3.63) is 36.5 Å². The van der Waals surface area contributed by atoms with Crippen LogP contribution in [-0.2, 0) is 9.53 Å². The number of hydrogen-bond acceptors (Lipinski definition) is 4. The van der Waals surface area contributed by atoms with Crippen molar-refractivity contribution in [2.24, 2.45) is 0 Å². The lowest BCUT2D eigenvalue weighted by molar-refractivity contribution is -0.147. The van der Waals surface area contributed by atoms with Gasteiger partial charge in [0.25, 0.3) is 0 Å². The molecule has 1 atom stereocenters. The minimum atomic E-state index is -0.636. The number of carbonyl (C=O) groups is 1. The van der Waals surface area contributed by atoms with Gasteiger partial charge in [0, 0.05) is 5.39 Å². The molecule has 2 rings (SSSR count). The minimum Gasteiger partial charge on any atom is -0.477 e. The highest BCUT2D eigenvalue weighted by molar-refractivity contribution is 5.79. The Morgan fingerprint density at radius 2 is 2.12 bits per heavy atom. The average molecular weight is 231 g/mol. The van der Waals surface area contributed by atoms with Crippen molar-refractivity contribution >= 4 is 16.9 Å².